The Labute approximate surface area is 97.3 Å². The third-order valence-corrected chi connectivity index (χ3v) is 3.11. The molecule has 1 aromatic rings. The van der Waals surface area contributed by atoms with Crippen LogP contribution in [0.2, 0.25) is 0 Å². The number of nitrogens with zero attached hydrogens (tertiary/aromatic N) is 1. The molecule has 0 aliphatic carbocycles. The summed E-state index contributed by atoms with van der Waals surface area (Å²) in [7, 11) is 0. The zero-order chi connectivity index (χ0) is 12.1. The molecule has 0 heterocycles. The first-order valence-electron chi connectivity index (χ1n) is 5.65. The zero-order valence-electron chi connectivity index (χ0n) is 10.1. The van der Waals surface area contributed by atoms with E-state index in [2.05, 4.69) is 32.2 Å². The SMILES string of the molecule is CCC(C)C(C)Nc1cccc(C#N)c1N. The number of hydrogen-bond acceptors (Lipinski definition) is 3. The first-order chi connectivity index (χ1) is 7.60. The Bertz CT molecular complexity index is 393. The number of hydrogen-bond donors (Lipinski definition) is 2. The first kappa shape index (κ1) is 12.4. The van der Waals surface area contributed by atoms with Crippen molar-refractivity contribution in [2.45, 2.75) is 33.2 Å². The van der Waals surface area contributed by atoms with Crippen LogP contribution in [0.4, 0.5) is 11.4 Å². The summed E-state index contributed by atoms with van der Waals surface area (Å²) in [5.74, 6) is 0.574. The minimum atomic E-state index is 0.348. The molecule has 0 bridgehead atoms. The van der Waals surface area contributed by atoms with Crippen LogP contribution in [0.15, 0.2) is 18.2 Å². The molecule has 86 valence electrons. The highest BCUT2D eigenvalue weighted by Crippen LogP contribution is 2.24. The van der Waals surface area contributed by atoms with E-state index in [1.54, 1.807) is 6.07 Å². The molecule has 0 radical (unpaired) electrons. The lowest BCUT2D eigenvalue weighted by molar-refractivity contribution is 0.495. The van der Waals surface area contributed by atoms with Crippen LogP contribution < -0.4 is 11.1 Å². The Kier molecular flexibility index (Phi) is 4.19. The number of anilines is 2. The minimum Gasteiger partial charge on any atom is -0.396 e. The van der Waals surface area contributed by atoms with E-state index in [9.17, 15) is 0 Å². The van der Waals surface area contributed by atoms with Gasteiger partial charge in [-0.05, 0) is 25.0 Å². The molecule has 2 atom stereocenters. The second-order valence-corrected chi connectivity index (χ2v) is 4.20. The molecule has 0 amide bonds. The molecule has 0 aliphatic rings. The van der Waals surface area contributed by atoms with Crippen molar-refractivity contribution < 1.29 is 0 Å². The smallest absolute Gasteiger partial charge is 0.101 e. The molecule has 16 heavy (non-hydrogen) atoms. The van der Waals surface area contributed by atoms with Crippen molar-refractivity contribution in [3.63, 3.8) is 0 Å². The van der Waals surface area contributed by atoms with Crippen LogP contribution in [0.1, 0.15) is 32.8 Å². The second kappa shape index (κ2) is 5.41. The molecule has 3 nitrogen and oxygen atoms in total. The van der Waals surface area contributed by atoms with Crippen molar-refractivity contribution >= 4 is 11.4 Å². The molecule has 1 aromatic carbocycles. The van der Waals surface area contributed by atoms with E-state index >= 15 is 0 Å². The number of benzene rings is 1. The fraction of sp³-hybridized carbons (Fsp3) is 0.462. The molecule has 3 N–H and O–H groups in total. The molecule has 0 saturated carbocycles. The average Bonchev–Trinajstić information content (AvgIpc) is 2.30. The van der Waals surface area contributed by atoms with E-state index in [1.165, 1.54) is 0 Å². The summed E-state index contributed by atoms with van der Waals surface area (Å²) in [5.41, 5.74) is 7.82. The van der Waals surface area contributed by atoms with Gasteiger partial charge in [0.25, 0.3) is 0 Å². The Morgan fingerprint density at radius 3 is 2.69 bits per heavy atom. The number of nitrogen functional groups attached to an aromatic ring is 1. The maximum absolute atomic E-state index is 8.87. The Balaban J connectivity index is 2.86. The molecule has 0 saturated heterocycles. The van der Waals surface area contributed by atoms with Crippen molar-refractivity contribution in [3.8, 4) is 6.07 Å². The van der Waals surface area contributed by atoms with E-state index in [4.69, 9.17) is 11.0 Å². The van der Waals surface area contributed by atoms with Crippen molar-refractivity contribution in [3.05, 3.63) is 23.8 Å². The van der Waals surface area contributed by atoms with Crippen LogP contribution >= 0.6 is 0 Å². The fourth-order valence-electron chi connectivity index (χ4n) is 1.53. The molecular formula is C13H19N3. The summed E-state index contributed by atoms with van der Waals surface area (Å²) in [4.78, 5) is 0. The molecular weight excluding hydrogens is 198 g/mol. The number of nitriles is 1. The lowest BCUT2D eigenvalue weighted by Gasteiger charge is -2.22. The number of nitrogens with two attached hydrogens (primary N) is 1. The van der Waals surface area contributed by atoms with Gasteiger partial charge in [-0.3, -0.25) is 0 Å². The normalized spacial score (nSPS) is 13.9. The lowest BCUT2D eigenvalue weighted by atomic mass is 10.0. The number of para-hydroxylation sites is 1. The molecule has 0 aliphatic heterocycles. The summed E-state index contributed by atoms with van der Waals surface area (Å²) in [5, 5.41) is 12.2. The summed E-state index contributed by atoms with van der Waals surface area (Å²) >= 11 is 0. The first-order valence-corrected chi connectivity index (χ1v) is 5.65. The molecule has 0 aromatic heterocycles. The van der Waals surface area contributed by atoms with Gasteiger partial charge in [-0.1, -0.05) is 26.3 Å². The minimum absolute atomic E-state index is 0.348. The fourth-order valence-corrected chi connectivity index (χ4v) is 1.53. The van der Waals surface area contributed by atoms with Crippen molar-refractivity contribution in [2.75, 3.05) is 11.1 Å². The van der Waals surface area contributed by atoms with Gasteiger partial charge in [0.15, 0.2) is 0 Å². The quantitative estimate of drug-likeness (QED) is 0.762. The predicted molar refractivity (Wildman–Crippen MR) is 68.1 cm³/mol. The van der Waals surface area contributed by atoms with Gasteiger partial charge in [0, 0.05) is 6.04 Å². The van der Waals surface area contributed by atoms with E-state index in [-0.39, 0.29) is 0 Å². The van der Waals surface area contributed by atoms with Crippen LogP contribution in [0.25, 0.3) is 0 Å². The van der Waals surface area contributed by atoms with Gasteiger partial charge in [-0.2, -0.15) is 5.26 Å². The van der Waals surface area contributed by atoms with Crippen molar-refractivity contribution in [1.82, 2.24) is 0 Å². The largest absolute Gasteiger partial charge is 0.396 e. The highest BCUT2D eigenvalue weighted by Gasteiger charge is 2.12. The molecule has 0 spiro atoms. The third kappa shape index (κ3) is 2.66. The van der Waals surface area contributed by atoms with Gasteiger partial charge >= 0.3 is 0 Å². The van der Waals surface area contributed by atoms with Crippen LogP contribution in [0, 0.1) is 17.2 Å². The highest BCUT2D eigenvalue weighted by molar-refractivity contribution is 5.73. The molecule has 3 heteroatoms. The third-order valence-electron chi connectivity index (χ3n) is 3.11. The Morgan fingerprint density at radius 1 is 1.44 bits per heavy atom. The topological polar surface area (TPSA) is 61.8 Å². The summed E-state index contributed by atoms with van der Waals surface area (Å²) in [6, 6.07) is 7.93. The van der Waals surface area contributed by atoms with Gasteiger partial charge in [-0.15, -0.1) is 0 Å². The maximum Gasteiger partial charge on any atom is 0.101 e. The monoisotopic (exact) mass is 217 g/mol. The van der Waals surface area contributed by atoms with E-state index < -0.39 is 0 Å². The number of nitrogens with one attached hydrogen (secondary N) is 1. The van der Waals surface area contributed by atoms with Crippen LogP contribution in [-0.4, -0.2) is 6.04 Å². The standard InChI is InChI=1S/C13H19N3/c1-4-9(2)10(3)16-12-7-5-6-11(8-14)13(12)15/h5-7,9-10,16H,4,15H2,1-3H3. The average molecular weight is 217 g/mol. The Hall–Kier alpha value is -1.69. The summed E-state index contributed by atoms with van der Waals surface area (Å²) in [6.45, 7) is 6.49. The number of rotatable bonds is 4. The maximum atomic E-state index is 8.87. The van der Waals surface area contributed by atoms with Crippen molar-refractivity contribution in [1.29, 1.82) is 5.26 Å². The van der Waals surface area contributed by atoms with Crippen LogP contribution in [-0.2, 0) is 0 Å². The van der Waals surface area contributed by atoms with E-state index in [1.807, 2.05) is 12.1 Å². The van der Waals surface area contributed by atoms with Crippen molar-refractivity contribution in [2.24, 2.45) is 5.92 Å². The van der Waals surface area contributed by atoms with Gasteiger partial charge in [0.05, 0.1) is 16.9 Å². The predicted octanol–water partition coefficient (Wildman–Crippen LogP) is 2.99. The van der Waals surface area contributed by atoms with Gasteiger partial charge < -0.3 is 11.1 Å². The van der Waals surface area contributed by atoms with Gasteiger partial charge in [0.1, 0.15) is 6.07 Å². The second-order valence-electron chi connectivity index (χ2n) is 4.20. The van der Waals surface area contributed by atoms with E-state index in [0.29, 0.717) is 23.2 Å². The van der Waals surface area contributed by atoms with Gasteiger partial charge in [0.2, 0.25) is 0 Å². The van der Waals surface area contributed by atoms with Crippen LogP contribution in [0.5, 0.6) is 0 Å². The van der Waals surface area contributed by atoms with Crippen LogP contribution in [0.3, 0.4) is 0 Å². The highest BCUT2D eigenvalue weighted by atomic mass is 14.9. The zero-order valence-corrected chi connectivity index (χ0v) is 10.1. The summed E-state index contributed by atoms with van der Waals surface area (Å²) < 4.78 is 0. The van der Waals surface area contributed by atoms with Gasteiger partial charge in [-0.25, -0.2) is 0 Å². The molecule has 2 unspecified atom stereocenters. The summed E-state index contributed by atoms with van der Waals surface area (Å²) in [6.07, 6.45) is 1.12. The van der Waals surface area contributed by atoms with E-state index in [0.717, 1.165) is 12.1 Å². The molecule has 0 fully saturated rings. The molecule has 1 rings (SSSR count). The lowest BCUT2D eigenvalue weighted by Crippen LogP contribution is -2.23. The Morgan fingerprint density at radius 2 is 2.12 bits per heavy atom.